The highest BCUT2D eigenvalue weighted by molar-refractivity contribution is 7.86. The van der Waals surface area contributed by atoms with E-state index < -0.39 is 10.2 Å². The molecular formula is C11H18N2O4S. The molecule has 0 aliphatic heterocycles. The fourth-order valence-corrected chi connectivity index (χ4v) is 1.91. The van der Waals surface area contributed by atoms with Gasteiger partial charge in [0, 0.05) is 20.7 Å². The molecule has 0 aliphatic carbocycles. The minimum absolute atomic E-state index is 0.162. The van der Waals surface area contributed by atoms with Gasteiger partial charge in [0.1, 0.15) is 0 Å². The molecule has 102 valence electrons. The lowest BCUT2D eigenvalue weighted by atomic mass is 10.2. The maximum absolute atomic E-state index is 11.7. The molecule has 1 N–H and O–H groups in total. The molecule has 0 bridgehead atoms. The Morgan fingerprint density at radius 2 is 1.89 bits per heavy atom. The first-order chi connectivity index (χ1) is 8.56. The van der Waals surface area contributed by atoms with Crippen LogP contribution in [0, 0.1) is 0 Å². The second kappa shape index (κ2) is 7.45. The minimum Gasteiger partial charge on any atom is -0.382 e. The molecule has 0 saturated carbocycles. The van der Waals surface area contributed by atoms with Crippen molar-refractivity contribution in [2.24, 2.45) is 0 Å². The molecule has 0 spiro atoms. The van der Waals surface area contributed by atoms with E-state index >= 15 is 0 Å². The van der Waals surface area contributed by atoms with Gasteiger partial charge in [-0.25, -0.2) is 0 Å². The van der Waals surface area contributed by atoms with Crippen molar-refractivity contribution in [1.82, 2.24) is 9.19 Å². The monoisotopic (exact) mass is 274 g/mol. The van der Waals surface area contributed by atoms with E-state index in [1.165, 1.54) is 18.5 Å². The smallest absolute Gasteiger partial charge is 0.301 e. The molecule has 0 atom stereocenters. The van der Waals surface area contributed by atoms with Crippen molar-refractivity contribution in [2.75, 3.05) is 27.4 Å². The Morgan fingerprint density at radius 1 is 1.22 bits per heavy atom. The van der Waals surface area contributed by atoms with Gasteiger partial charge in [-0.3, -0.25) is 4.84 Å². The Labute approximate surface area is 108 Å². The van der Waals surface area contributed by atoms with Crippen molar-refractivity contribution in [3.8, 4) is 0 Å². The largest absolute Gasteiger partial charge is 0.382 e. The van der Waals surface area contributed by atoms with E-state index in [1.54, 1.807) is 0 Å². The van der Waals surface area contributed by atoms with Crippen LogP contribution in [0.4, 0.5) is 0 Å². The first kappa shape index (κ1) is 15.1. The van der Waals surface area contributed by atoms with Gasteiger partial charge in [-0.1, -0.05) is 35.2 Å². The number of hydrogen-bond acceptors (Lipinski definition) is 4. The third kappa shape index (κ3) is 5.11. The van der Waals surface area contributed by atoms with Crippen molar-refractivity contribution in [2.45, 2.75) is 6.54 Å². The Hall–Kier alpha value is -0.990. The molecule has 0 amide bonds. The van der Waals surface area contributed by atoms with Crippen LogP contribution >= 0.6 is 0 Å². The topological polar surface area (TPSA) is 67.9 Å². The summed E-state index contributed by atoms with van der Waals surface area (Å²) in [6.07, 6.45) is 0. The first-order valence-corrected chi connectivity index (χ1v) is 6.88. The summed E-state index contributed by atoms with van der Waals surface area (Å²) in [6.45, 7) is 0.767. The summed E-state index contributed by atoms with van der Waals surface area (Å²) in [6, 6.07) is 9.32. The molecule has 1 aromatic carbocycles. The number of hydrogen-bond donors (Lipinski definition) is 1. The summed E-state index contributed by atoms with van der Waals surface area (Å²) in [5.41, 5.74) is 0.905. The molecule has 18 heavy (non-hydrogen) atoms. The highest BCUT2D eigenvalue weighted by Gasteiger charge is 2.17. The van der Waals surface area contributed by atoms with Crippen molar-refractivity contribution in [3.05, 3.63) is 35.9 Å². The number of ether oxygens (including phenoxy) is 1. The van der Waals surface area contributed by atoms with Crippen molar-refractivity contribution < 1.29 is 18.0 Å². The van der Waals surface area contributed by atoms with Gasteiger partial charge in [-0.2, -0.15) is 12.7 Å². The summed E-state index contributed by atoms with van der Waals surface area (Å²) < 4.78 is 29.4. The average Bonchev–Trinajstić information content (AvgIpc) is 2.36. The Kier molecular flexibility index (Phi) is 6.23. The van der Waals surface area contributed by atoms with Crippen LogP contribution in [0.5, 0.6) is 0 Å². The van der Waals surface area contributed by atoms with E-state index in [1.807, 2.05) is 35.2 Å². The molecule has 0 heterocycles. The summed E-state index contributed by atoms with van der Waals surface area (Å²) in [5, 5.41) is 0. The molecule has 1 rings (SSSR count). The zero-order chi connectivity index (χ0) is 13.4. The van der Waals surface area contributed by atoms with Crippen molar-refractivity contribution in [3.63, 3.8) is 0 Å². The van der Waals surface area contributed by atoms with Gasteiger partial charge in [0.15, 0.2) is 0 Å². The predicted molar refractivity (Wildman–Crippen MR) is 67.8 cm³/mol. The Morgan fingerprint density at radius 3 is 2.50 bits per heavy atom. The van der Waals surface area contributed by atoms with Crippen LogP contribution in [0.1, 0.15) is 5.56 Å². The van der Waals surface area contributed by atoms with Gasteiger partial charge in [0.25, 0.3) is 0 Å². The highest BCUT2D eigenvalue weighted by atomic mass is 32.2. The van der Waals surface area contributed by atoms with Crippen LogP contribution in [-0.4, -0.2) is 40.1 Å². The van der Waals surface area contributed by atoms with Gasteiger partial charge >= 0.3 is 10.2 Å². The van der Waals surface area contributed by atoms with Crippen LogP contribution in [0.15, 0.2) is 30.3 Å². The van der Waals surface area contributed by atoms with E-state index in [2.05, 4.69) is 0 Å². The lowest BCUT2D eigenvalue weighted by Gasteiger charge is -2.17. The maximum Gasteiger partial charge on any atom is 0.301 e. The number of methoxy groups -OCH3 is 1. The van der Waals surface area contributed by atoms with Crippen LogP contribution < -0.4 is 4.89 Å². The summed E-state index contributed by atoms with van der Waals surface area (Å²) in [7, 11) is -0.639. The van der Waals surface area contributed by atoms with Crippen LogP contribution in [-0.2, 0) is 26.3 Å². The molecular weight excluding hydrogens is 256 g/mol. The number of benzene rings is 1. The molecule has 0 aliphatic rings. The lowest BCUT2D eigenvalue weighted by molar-refractivity contribution is 0.0412. The van der Waals surface area contributed by atoms with Crippen LogP contribution in [0.2, 0.25) is 0 Å². The number of rotatable bonds is 8. The summed E-state index contributed by atoms with van der Waals surface area (Å²) >= 11 is 0. The molecule has 0 radical (unpaired) electrons. The van der Waals surface area contributed by atoms with E-state index in [0.717, 1.165) is 5.56 Å². The average molecular weight is 274 g/mol. The first-order valence-electron chi connectivity index (χ1n) is 5.44. The lowest BCUT2D eigenvalue weighted by Crippen LogP contribution is -2.38. The van der Waals surface area contributed by atoms with Gasteiger partial charge in [0.2, 0.25) is 0 Å². The third-order valence-corrected chi connectivity index (χ3v) is 3.49. The molecule has 6 nitrogen and oxygen atoms in total. The summed E-state index contributed by atoms with van der Waals surface area (Å²) in [4.78, 5) is 6.83. The molecule has 0 fully saturated rings. The van der Waals surface area contributed by atoms with E-state index in [4.69, 9.17) is 9.57 Å². The van der Waals surface area contributed by atoms with Crippen LogP contribution in [0.3, 0.4) is 0 Å². The molecule has 1 aromatic rings. The molecule has 0 saturated heterocycles. The Bertz CT molecular complexity index is 436. The highest BCUT2D eigenvalue weighted by Crippen LogP contribution is 2.05. The third-order valence-electron chi connectivity index (χ3n) is 2.21. The van der Waals surface area contributed by atoms with Crippen LogP contribution in [0.25, 0.3) is 0 Å². The van der Waals surface area contributed by atoms with Gasteiger partial charge in [0.05, 0.1) is 13.2 Å². The fourth-order valence-electron chi connectivity index (χ4n) is 1.23. The molecule has 7 heteroatoms. The van der Waals surface area contributed by atoms with E-state index in [-0.39, 0.29) is 13.2 Å². The zero-order valence-electron chi connectivity index (χ0n) is 10.5. The van der Waals surface area contributed by atoms with Crippen molar-refractivity contribution >= 4 is 10.2 Å². The van der Waals surface area contributed by atoms with E-state index in [9.17, 15) is 8.42 Å². The van der Waals surface area contributed by atoms with Gasteiger partial charge < -0.3 is 4.74 Å². The van der Waals surface area contributed by atoms with Gasteiger partial charge in [-0.05, 0) is 5.56 Å². The zero-order valence-corrected chi connectivity index (χ0v) is 11.3. The fraction of sp³-hybridized carbons (Fsp3) is 0.455. The predicted octanol–water partition coefficient (Wildman–Crippen LogP) is 0.531. The SMILES string of the molecule is COCCONS(=O)(=O)N(C)Cc1ccccc1. The number of nitrogens with zero attached hydrogens (tertiary/aromatic N) is 1. The number of nitrogens with one attached hydrogen (secondary N) is 1. The minimum atomic E-state index is -3.63. The second-order valence-electron chi connectivity index (χ2n) is 3.67. The summed E-state index contributed by atoms with van der Waals surface area (Å²) in [5.74, 6) is 0. The van der Waals surface area contributed by atoms with Gasteiger partial charge in [-0.15, -0.1) is 0 Å². The van der Waals surface area contributed by atoms with E-state index in [0.29, 0.717) is 6.61 Å². The van der Waals surface area contributed by atoms with Crippen molar-refractivity contribution in [1.29, 1.82) is 0 Å². The second-order valence-corrected chi connectivity index (χ2v) is 5.41. The standard InChI is InChI=1S/C11H18N2O4S/c1-13(10-11-6-4-3-5-7-11)18(14,15)12-17-9-8-16-2/h3-7,12H,8-10H2,1-2H3. The molecule has 0 aromatic heterocycles. The Balaban J connectivity index is 2.46. The molecule has 0 unspecified atom stereocenters. The quantitative estimate of drug-likeness (QED) is 0.554. The maximum atomic E-state index is 11.7. The normalized spacial score (nSPS) is 11.9.